The molecule has 1 amide bonds. The van der Waals surface area contributed by atoms with E-state index in [0.29, 0.717) is 9.47 Å². The van der Waals surface area contributed by atoms with Gasteiger partial charge in [-0.15, -0.1) is 10.2 Å². The highest BCUT2D eigenvalue weighted by Gasteiger charge is 2.18. The molecule has 1 heterocycles. The number of aromatic nitrogens is 2. The SMILES string of the molecule is CCCC[C@H](Sc1nnc(N)s1)C(N)=O. The van der Waals surface area contributed by atoms with Gasteiger partial charge in [0, 0.05) is 0 Å². The van der Waals surface area contributed by atoms with Crippen LogP contribution in [0.4, 0.5) is 5.13 Å². The predicted molar refractivity (Wildman–Crippen MR) is 62.7 cm³/mol. The summed E-state index contributed by atoms with van der Waals surface area (Å²) in [5, 5.41) is 7.72. The van der Waals surface area contributed by atoms with E-state index in [1.165, 1.54) is 23.1 Å². The Labute approximate surface area is 96.6 Å². The third-order valence-electron chi connectivity index (χ3n) is 1.80. The van der Waals surface area contributed by atoms with Crippen molar-refractivity contribution in [1.82, 2.24) is 10.2 Å². The molecule has 1 atom stereocenters. The van der Waals surface area contributed by atoms with Gasteiger partial charge in [0.05, 0.1) is 5.25 Å². The van der Waals surface area contributed by atoms with E-state index in [9.17, 15) is 4.79 Å². The number of nitrogens with two attached hydrogens (primary N) is 2. The Hall–Kier alpha value is -0.820. The largest absolute Gasteiger partial charge is 0.374 e. The summed E-state index contributed by atoms with van der Waals surface area (Å²) in [5.41, 5.74) is 10.7. The average molecular weight is 246 g/mol. The lowest BCUT2D eigenvalue weighted by Gasteiger charge is -2.09. The molecule has 0 saturated heterocycles. The summed E-state index contributed by atoms with van der Waals surface area (Å²) in [5.74, 6) is -0.303. The molecule has 0 bridgehead atoms. The van der Waals surface area contributed by atoms with Crippen LogP contribution >= 0.6 is 23.1 Å². The summed E-state index contributed by atoms with van der Waals surface area (Å²) in [6.07, 6.45) is 2.80. The first-order valence-electron chi connectivity index (χ1n) is 4.68. The summed E-state index contributed by atoms with van der Waals surface area (Å²) in [4.78, 5) is 11.1. The fourth-order valence-electron chi connectivity index (χ4n) is 1.04. The minimum Gasteiger partial charge on any atom is -0.374 e. The topological polar surface area (TPSA) is 94.9 Å². The van der Waals surface area contributed by atoms with Crippen molar-refractivity contribution in [3.8, 4) is 0 Å². The Morgan fingerprint density at radius 3 is 2.80 bits per heavy atom. The zero-order chi connectivity index (χ0) is 11.3. The summed E-state index contributed by atoms with van der Waals surface area (Å²) >= 11 is 2.63. The molecule has 0 fully saturated rings. The number of amides is 1. The number of anilines is 1. The number of thioether (sulfide) groups is 1. The zero-order valence-electron chi connectivity index (χ0n) is 8.47. The molecule has 0 aromatic carbocycles. The van der Waals surface area contributed by atoms with Crippen LogP contribution in [0.2, 0.25) is 0 Å². The van der Waals surface area contributed by atoms with Crippen molar-refractivity contribution >= 4 is 34.1 Å². The number of primary amides is 1. The normalized spacial score (nSPS) is 12.6. The summed E-state index contributed by atoms with van der Waals surface area (Å²) in [6.45, 7) is 2.08. The molecule has 5 nitrogen and oxygen atoms in total. The average Bonchev–Trinajstić information content (AvgIpc) is 2.58. The number of unbranched alkanes of at least 4 members (excludes halogenated alkanes) is 1. The molecule has 0 aliphatic carbocycles. The highest BCUT2D eigenvalue weighted by molar-refractivity contribution is 8.02. The smallest absolute Gasteiger partial charge is 0.230 e. The Bertz CT molecular complexity index is 328. The molecule has 15 heavy (non-hydrogen) atoms. The number of rotatable bonds is 6. The van der Waals surface area contributed by atoms with E-state index in [4.69, 9.17) is 11.5 Å². The van der Waals surface area contributed by atoms with Crippen LogP contribution in [0.1, 0.15) is 26.2 Å². The first-order chi connectivity index (χ1) is 7.13. The second-order valence-electron chi connectivity index (χ2n) is 3.06. The van der Waals surface area contributed by atoms with Gasteiger partial charge in [0.1, 0.15) is 0 Å². The van der Waals surface area contributed by atoms with Crippen LogP contribution in [0.15, 0.2) is 4.34 Å². The van der Waals surface area contributed by atoms with Crippen LogP contribution in [0.5, 0.6) is 0 Å². The Morgan fingerprint density at radius 2 is 2.33 bits per heavy atom. The van der Waals surface area contributed by atoms with Crippen molar-refractivity contribution in [2.75, 3.05) is 5.73 Å². The fourth-order valence-corrected chi connectivity index (χ4v) is 2.91. The summed E-state index contributed by atoms with van der Waals surface area (Å²) < 4.78 is 0.701. The Balaban J connectivity index is 2.54. The molecule has 0 radical (unpaired) electrons. The molecule has 0 spiro atoms. The quantitative estimate of drug-likeness (QED) is 0.737. The summed E-state index contributed by atoms with van der Waals surface area (Å²) in [6, 6.07) is 0. The molecule has 4 N–H and O–H groups in total. The number of hydrogen-bond acceptors (Lipinski definition) is 6. The van der Waals surface area contributed by atoms with Crippen LogP contribution in [-0.4, -0.2) is 21.4 Å². The standard InChI is InChI=1S/C8H14N4OS2/c1-2-3-4-5(6(9)13)14-8-12-11-7(10)15-8/h5H,2-4H2,1H3,(H2,9,13)(H2,10,11)/t5-/m0/s1. The monoisotopic (exact) mass is 246 g/mol. The molecule has 1 rings (SSSR count). The molecule has 1 aromatic heterocycles. The van der Waals surface area contributed by atoms with Gasteiger partial charge in [0.25, 0.3) is 0 Å². The first kappa shape index (κ1) is 12.3. The van der Waals surface area contributed by atoms with E-state index < -0.39 is 0 Å². The van der Waals surface area contributed by atoms with Crippen LogP contribution in [-0.2, 0) is 4.79 Å². The molecule has 0 saturated carbocycles. The molecule has 1 aromatic rings. The van der Waals surface area contributed by atoms with Gasteiger partial charge >= 0.3 is 0 Å². The first-order valence-corrected chi connectivity index (χ1v) is 6.38. The third-order valence-corrected chi connectivity index (χ3v) is 3.92. The number of carbonyl (C=O) groups excluding carboxylic acids is 1. The lowest BCUT2D eigenvalue weighted by Crippen LogP contribution is -2.25. The number of hydrogen-bond donors (Lipinski definition) is 2. The number of carbonyl (C=O) groups is 1. The predicted octanol–water partition coefficient (Wildman–Crippen LogP) is 1.26. The molecule has 84 valence electrons. The van der Waals surface area contributed by atoms with Crippen molar-refractivity contribution in [1.29, 1.82) is 0 Å². The molecule has 0 aliphatic rings. The van der Waals surface area contributed by atoms with Crippen molar-refractivity contribution < 1.29 is 4.79 Å². The second-order valence-corrected chi connectivity index (χ2v) is 5.52. The Morgan fingerprint density at radius 1 is 1.60 bits per heavy atom. The van der Waals surface area contributed by atoms with Crippen molar-refractivity contribution in [2.24, 2.45) is 5.73 Å². The van der Waals surface area contributed by atoms with Gasteiger partial charge < -0.3 is 11.5 Å². The van der Waals surface area contributed by atoms with Gasteiger partial charge in [-0.3, -0.25) is 4.79 Å². The maximum Gasteiger partial charge on any atom is 0.230 e. The lowest BCUT2D eigenvalue weighted by molar-refractivity contribution is -0.117. The van der Waals surface area contributed by atoms with E-state index in [0.717, 1.165) is 19.3 Å². The third kappa shape index (κ3) is 4.05. The van der Waals surface area contributed by atoms with E-state index >= 15 is 0 Å². The van der Waals surface area contributed by atoms with Gasteiger partial charge in [-0.25, -0.2) is 0 Å². The lowest BCUT2D eigenvalue weighted by atomic mass is 10.2. The van der Waals surface area contributed by atoms with Gasteiger partial charge in [-0.2, -0.15) is 0 Å². The molecular weight excluding hydrogens is 232 g/mol. The van der Waals surface area contributed by atoms with E-state index in [1.54, 1.807) is 0 Å². The Kier molecular flexibility index (Phi) is 4.83. The molecule has 7 heteroatoms. The highest BCUT2D eigenvalue weighted by atomic mass is 32.2. The minimum atomic E-state index is -0.303. The van der Waals surface area contributed by atoms with Gasteiger partial charge in [-0.05, 0) is 6.42 Å². The van der Waals surface area contributed by atoms with Gasteiger partial charge in [0.15, 0.2) is 4.34 Å². The van der Waals surface area contributed by atoms with Gasteiger partial charge in [-0.1, -0.05) is 42.9 Å². The van der Waals surface area contributed by atoms with Crippen LogP contribution in [0.25, 0.3) is 0 Å². The van der Waals surface area contributed by atoms with E-state index in [-0.39, 0.29) is 11.2 Å². The van der Waals surface area contributed by atoms with Crippen molar-refractivity contribution in [3.05, 3.63) is 0 Å². The second kappa shape index (κ2) is 5.92. The van der Waals surface area contributed by atoms with Crippen LogP contribution < -0.4 is 11.5 Å². The zero-order valence-corrected chi connectivity index (χ0v) is 10.1. The number of nitrogen functional groups attached to an aromatic ring is 1. The maximum atomic E-state index is 11.1. The summed E-state index contributed by atoms with van der Waals surface area (Å²) in [7, 11) is 0. The molecule has 0 unspecified atom stereocenters. The number of nitrogens with zero attached hydrogens (tertiary/aromatic N) is 2. The highest BCUT2D eigenvalue weighted by Crippen LogP contribution is 2.29. The van der Waals surface area contributed by atoms with E-state index in [2.05, 4.69) is 17.1 Å². The fraction of sp³-hybridized carbons (Fsp3) is 0.625. The van der Waals surface area contributed by atoms with Crippen molar-refractivity contribution in [3.63, 3.8) is 0 Å². The van der Waals surface area contributed by atoms with Gasteiger partial charge in [0.2, 0.25) is 11.0 Å². The van der Waals surface area contributed by atoms with Crippen LogP contribution in [0, 0.1) is 0 Å². The molecular formula is C8H14N4OS2. The van der Waals surface area contributed by atoms with E-state index in [1.807, 2.05) is 0 Å². The van der Waals surface area contributed by atoms with Crippen LogP contribution in [0.3, 0.4) is 0 Å². The molecule has 0 aliphatic heterocycles. The van der Waals surface area contributed by atoms with Crippen molar-refractivity contribution in [2.45, 2.75) is 35.8 Å². The maximum absolute atomic E-state index is 11.1. The minimum absolute atomic E-state index is 0.225.